The van der Waals surface area contributed by atoms with Gasteiger partial charge in [-0.05, 0) is 29.0 Å². The third kappa shape index (κ3) is 3.56. The molecule has 0 fully saturated rings. The second-order valence-electron chi connectivity index (χ2n) is 7.53. The van der Waals surface area contributed by atoms with E-state index >= 15 is 0 Å². The van der Waals surface area contributed by atoms with Gasteiger partial charge in [-0.3, -0.25) is 4.79 Å². The molecule has 1 aliphatic rings. The van der Waals surface area contributed by atoms with Crippen LogP contribution >= 0.6 is 0 Å². The van der Waals surface area contributed by atoms with E-state index in [9.17, 15) is 4.79 Å². The molecule has 4 heteroatoms. The van der Waals surface area contributed by atoms with E-state index in [1.165, 1.54) is 0 Å². The molecular formula is C18H23N3O. The van der Waals surface area contributed by atoms with Gasteiger partial charge in [0.25, 0.3) is 0 Å². The van der Waals surface area contributed by atoms with Crippen molar-refractivity contribution in [3.05, 3.63) is 41.8 Å². The summed E-state index contributed by atoms with van der Waals surface area (Å²) in [4.78, 5) is 25.5. The largest absolute Gasteiger partial charge is 0.289 e. The normalized spacial score (nSPS) is 16.3. The van der Waals surface area contributed by atoms with Crippen LogP contribution in [-0.2, 0) is 4.79 Å². The van der Waals surface area contributed by atoms with E-state index in [0.717, 1.165) is 16.9 Å². The zero-order chi connectivity index (χ0) is 16.5. The van der Waals surface area contributed by atoms with Gasteiger partial charge in [-0.1, -0.05) is 41.5 Å². The minimum Gasteiger partial charge on any atom is -0.289 e. The Labute approximate surface area is 132 Å². The molecule has 116 valence electrons. The van der Waals surface area contributed by atoms with E-state index in [-0.39, 0.29) is 16.6 Å². The zero-order valence-electron chi connectivity index (χ0n) is 14.1. The number of rotatable bonds is 1. The Morgan fingerprint density at radius 2 is 1.32 bits per heavy atom. The molecule has 0 aromatic carbocycles. The summed E-state index contributed by atoms with van der Waals surface area (Å²) in [5.41, 5.74) is 1.80. The molecule has 2 rings (SSSR count). The van der Waals surface area contributed by atoms with Crippen LogP contribution in [0.25, 0.3) is 0 Å². The van der Waals surface area contributed by atoms with Crippen LogP contribution < -0.4 is 0 Å². The van der Waals surface area contributed by atoms with Crippen LogP contribution in [0.2, 0.25) is 0 Å². The van der Waals surface area contributed by atoms with Crippen LogP contribution in [0, 0.1) is 10.8 Å². The van der Waals surface area contributed by atoms with Gasteiger partial charge >= 0.3 is 0 Å². The van der Waals surface area contributed by atoms with Gasteiger partial charge in [0, 0.05) is 23.5 Å². The summed E-state index contributed by atoms with van der Waals surface area (Å²) in [5.74, 6) is 0.508. The molecule has 1 heterocycles. The van der Waals surface area contributed by atoms with Crippen molar-refractivity contribution in [1.82, 2.24) is 9.97 Å². The Hall–Kier alpha value is -2.10. The van der Waals surface area contributed by atoms with E-state index < -0.39 is 0 Å². The fraction of sp³-hybridized carbons (Fsp3) is 0.444. The third-order valence-corrected chi connectivity index (χ3v) is 3.47. The maximum Gasteiger partial charge on any atom is 0.249 e. The summed E-state index contributed by atoms with van der Waals surface area (Å²) in [6.07, 6.45) is 7.02. The molecule has 1 aliphatic carbocycles. The van der Waals surface area contributed by atoms with E-state index in [0.29, 0.717) is 5.95 Å². The topological polar surface area (TPSA) is 55.2 Å². The quantitative estimate of drug-likeness (QED) is 0.734. The predicted octanol–water partition coefficient (Wildman–Crippen LogP) is 4.08. The number of carbonyl (C=O) groups excluding carboxylic acids is 1. The number of ketones is 1. The minimum atomic E-state index is -0.236. The molecule has 0 radical (unpaired) electrons. The monoisotopic (exact) mass is 297 g/mol. The molecule has 1 aromatic rings. The molecule has 0 saturated heterocycles. The van der Waals surface area contributed by atoms with E-state index in [1.807, 2.05) is 53.7 Å². The van der Waals surface area contributed by atoms with E-state index in [2.05, 4.69) is 15.0 Å². The first-order valence-corrected chi connectivity index (χ1v) is 7.44. The highest BCUT2D eigenvalue weighted by atomic mass is 16.1. The van der Waals surface area contributed by atoms with Crippen molar-refractivity contribution in [3.8, 4) is 0 Å². The molecule has 0 saturated carbocycles. The van der Waals surface area contributed by atoms with Gasteiger partial charge in [-0.2, -0.15) is 0 Å². The molecule has 0 spiro atoms. The molecule has 22 heavy (non-hydrogen) atoms. The minimum absolute atomic E-state index is 0.105. The van der Waals surface area contributed by atoms with Crippen molar-refractivity contribution in [2.45, 2.75) is 41.5 Å². The smallest absolute Gasteiger partial charge is 0.249 e. The summed E-state index contributed by atoms with van der Waals surface area (Å²) < 4.78 is 0. The second kappa shape index (κ2) is 5.59. The van der Waals surface area contributed by atoms with Crippen molar-refractivity contribution < 1.29 is 4.79 Å². The highest BCUT2D eigenvalue weighted by Crippen LogP contribution is 2.37. The Morgan fingerprint density at radius 1 is 0.864 bits per heavy atom. The number of aromatic nitrogens is 2. The lowest BCUT2D eigenvalue weighted by atomic mass is 9.72. The fourth-order valence-electron chi connectivity index (χ4n) is 2.26. The van der Waals surface area contributed by atoms with Crippen LogP contribution in [-0.4, -0.2) is 21.5 Å². The highest BCUT2D eigenvalue weighted by molar-refractivity contribution is 6.23. The summed E-state index contributed by atoms with van der Waals surface area (Å²) >= 11 is 0. The predicted molar refractivity (Wildman–Crippen MR) is 89.2 cm³/mol. The second-order valence-corrected chi connectivity index (χ2v) is 7.53. The van der Waals surface area contributed by atoms with Crippen molar-refractivity contribution in [1.29, 1.82) is 0 Å². The summed E-state index contributed by atoms with van der Waals surface area (Å²) in [6.45, 7) is 12.2. The average molecular weight is 297 g/mol. The lowest BCUT2D eigenvalue weighted by Crippen LogP contribution is -2.29. The molecule has 0 atom stereocenters. The van der Waals surface area contributed by atoms with Crippen molar-refractivity contribution in [2.24, 2.45) is 15.8 Å². The highest BCUT2D eigenvalue weighted by Gasteiger charge is 2.34. The number of hydrogen-bond acceptors (Lipinski definition) is 4. The Bertz CT molecular complexity index is 633. The van der Waals surface area contributed by atoms with Crippen LogP contribution in [0.4, 0.5) is 5.95 Å². The molecule has 0 aliphatic heterocycles. The van der Waals surface area contributed by atoms with Crippen LogP contribution in [0.15, 0.2) is 46.8 Å². The van der Waals surface area contributed by atoms with Crippen molar-refractivity contribution in [3.63, 3.8) is 0 Å². The number of hydrogen-bond donors (Lipinski definition) is 0. The summed E-state index contributed by atoms with van der Waals surface area (Å²) in [5, 5.41) is 0. The standard InChI is InChI=1S/C18H23N3O/c1-17(2,3)13-10-12(21-16-19-8-7-9-20-16)11-14(15(13)22)18(4,5)6/h7-11H,1-6H3. The first kappa shape index (κ1) is 16.3. The summed E-state index contributed by atoms with van der Waals surface area (Å²) in [6, 6.07) is 1.75. The number of carbonyl (C=O) groups is 1. The maximum absolute atomic E-state index is 12.8. The summed E-state index contributed by atoms with van der Waals surface area (Å²) in [7, 11) is 0. The Morgan fingerprint density at radius 3 is 1.73 bits per heavy atom. The Kier molecular flexibility index (Phi) is 4.14. The maximum atomic E-state index is 12.8. The van der Waals surface area contributed by atoms with Crippen molar-refractivity contribution >= 4 is 17.4 Å². The number of nitrogens with zero attached hydrogens (tertiary/aromatic N) is 3. The van der Waals surface area contributed by atoms with Gasteiger partial charge in [-0.15, -0.1) is 0 Å². The zero-order valence-corrected chi connectivity index (χ0v) is 14.1. The molecule has 0 bridgehead atoms. The van der Waals surface area contributed by atoms with Crippen molar-refractivity contribution in [2.75, 3.05) is 0 Å². The molecular weight excluding hydrogens is 274 g/mol. The molecule has 0 N–H and O–H groups in total. The van der Waals surface area contributed by atoms with Crippen LogP contribution in [0.3, 0.4) is 0 Å². The molecule has 4 nitrogen and oxygen atoms in total. The Balaban J connectivity index is 2.56. The van der Waals surface area contributed by atoms with Crippen LogP contribution in [0.1, 0.15) is 41.5 Å². The van der Waals surface area contributed by atoms with Crippen LogP contribution in [0.5, 0.6) is 0 Å². The average Bonchev–Trinajstić information content (AvgIpc) is 2.39. The lowest BCUT2D eigenvalue weighted by molar-refractivity contribution is -0.114. The first-order valence-electron chi connectivity index (χ1n) is 7.44. The fourth-order valence-corrected chi connectivity index (χ4v) is 2.26. The molecule has 0 unspecified atom stereocenters. The number of allylic oxidation sites excluding steroid dienone is 4. The van der Waals surface area contributed by atoms with Gasteiger partial charge in [0.05, 0.1) is 5.71 Å². The SMILES string of the molecule is CC(C)(C)C1=CC(=Nc2ncccn2)C=C(C(C)(C)C)C1=O. The molecule has 0 amide bonds. The van der Waals surface area contributed by atoms with Gasteiger partial charge in [0.1, 0.15) is 0 Å². The van der Waals surface area contributed by atoms with E-state index in [4.69, 9.17) is 0 Å². The number of Topliss-reactive ketones (excluding diaryl/α,β-unsaturated/α-hetero) is 1. The van der Waals surface area contributed by atoms with Gasteiger partial charge in [-0.25, -0.2) is 15.0 Å². The first-order chi connectivity index (χ1) is 10.1. The molecule has 1 aromatic heterocycles. The lowest BCUT2D eigenvalue weighted by Gasteiger charge is -2.30. The van der Waals surface area contributed by atoms with Gasteiger partial charge in [0.2, 0.25) is 5.95 Å². The van der Waals surface area contributed by atoms with Gasteiger partial charge < -0.3 is 0 Å². The van der Waals surface area contributed by atoms with Gasteiger partial charge in [0.15, 0.2) is 5.78 Å². The van der Waals surface area contributed by atoms with E-state index in [1.54, 1.807) is 18.5 Å². The number of aliphatic imine (C=N–C) groups is 1. The third-order valence-electron chi connectivity index (χ3n) is 3.47.